The molecule has 4 nitrogen and oxygen atoms in total. The molecule has 100 valence electrons. The molecule has 0 aliphatic rings. The Bertz CT molecular complexity index is 653. The predicted octanol–water partition coefficient (Wildman–Crippen LogP) is 3.58. The summed E-state index contributed by atoms with van der Waals surface area (Å²) < 4.78 is 0. The van der Waals surface area contributed by atoms with E-state index < -0.39 is 5.97 Å². The molecule has 0 unspecified atom stereocenters. The average molecular weight is 259 g/mol. The highest BCUT2D eigenvalue weighted by Gasteiger charge is 2.19. The lowest BCUT2D eigenvalue weighted by molar-refractivity contribution is 0.0697. The van der Waals surface area contributed by atoms with Crippen LogP contribution < -0.4 is 0 Å². The molecule has 1 heterocycles. The Morgan fingerprint density at radius 3 is 2.53 bits per heavy atom. The maximum absolute atomic E-state index is 12.1. The van der Waals surface area contributed by atoms with Crippen molar-refractivity contribution in [1.29, 1.82) is 0 Å². The van der Waals surface area contributed by atoms with Crippen molar-refractivity contribution in [3.05, 3.63) is 35.0 Å². The number of H-pyrrole nitrogens is 1. The lowest BCUT2D eigenvalue weighted by Gasteiger charge is -2.05. The van der Waals surface area contributed by atoms with Crippen LogP contribution in [0.5, 0.6) is 0 Å². The van der Waals surface area contributed by atoms with E-state index in [0.29, 0.717) is 17.5 Å². The number of aromatic amines is 1. The number of hydrogen-bond donors (Lipinski definition) is 2. The molecular formula is C15H17NO3. The third-order valence-corrected chi connectivity index (χ3v) is 3.25. The first-order valence-electron chi connectivity index (χ1n) is 6.37. The summed E-state index contributed by atoms with van der Waals surface area (Å²) in [5.41, 5.74) is 2.51. The van der Waals surface area contributed by atoms with Crippen molar-refractivity contribution in [1.82, 2.24) is 4.98 Å². The Kier molecular flexibility index (Phi) is 3.42. The number of fused-ring (bicyclic) bond motifs is 1. The van der Waals surface area contributed by atoms with Crippen LogP contribution in [-0.2, 0) is 0 Å². The molecular weight excluding hydrogens is 242 g/mol. The van der Waals surface area contributed by atoms with Crippen LogP contribution in [0.4, 0.5) is 0 Å². The van der Waals surface area contributed by atoms with Crippen molar-refractivity contribution in [3.63, 3.8) is 0 Å². The zero-order valence-electron chi connectivity index (χ0n) is 11.3. The molecule has 2 rings (SSSR count). The van der Waals surface area contributed by atoms with Crippen molar-refractivity contribution in [3.8, 4) is 0 Å². The van der Waals surface area contributed by atoms with Gasteiger partial charge in [0.2, 0.25) is 0 Å². The molecule has 0 saturated carbocycles. The smallest absolute Gasteiger partial charge is 0.335 e. The standard InChI is InChI=1S/C15H17NO3/c1-4-12(17)13-10-6-5-9(15(18)19)7-11(10)16-14(13)8(2)3/h5-8,16H,4H2,1-3H3,(H,18,19). The molecule has 0 aliphatic heterocycles. The van der Waals surface area contributed by atoms with Crippen molar-refractivity contribution in [2.24, 2.45) is 0 Å². The molecule has 4 heteroatoms. The molecule has 0 atom stereocenters. The van der Waals surface area contributed by atoms with Crippen LogP contribution in [0.3, 0.4) is 0 Å². The van der Waals surface area contributed by atoms with Crippen molar-refractivity contribution in [2.45, 2.75) is 33.1 Å². The van der Waals surface area contributed by atoms with E-state index in [1.54, 1.807) is 12.1 Å². The number of carboxylic acid groups (broad SMARTS) is 1. The van der Waals surface area contributed by atoms with Gasteiger partial charge in [-0.1, -0.05) is 26.8 Å². The van der Waals surface area contributed by atoms with E-state index in [1.165, 1.54) is 6.07 Å². The van der Waals surface area contributed by atoms with Crippen LogP contribution in [0.2, 0.25) is 0 Å². The normalized spacial score (nSPS) is 11.2. The number of ketones is 1. The molecule has 2 N–H and O–H groups in total. The van der Waals surface area contributed by atoms with E-state index >= 15 is 0 Å². The quantitative estimate of drug-likeness (QED) is 0.824. The van der Waals surface area contributed by atoms with Gasteiger partial charge in [-0.3, -0.25) is 4.79 Å². The molecule has 0 saturated heterocycles. The second kappa shape index (κ2) is 4.88. The van der Waals surface area contributed by atoms with Gasteiger partial charge in [-0.15, -0.1) is 0 Å². The minimum Gasteiger partial charge on any atom is -0.478 e. The van der Waals surface area contributed by atoms with Gasteiger partial charge in [0.25, 0.3) is 0 Å². The first-order chi connectivity index (χ1) is 8.95. The fourth-order valence-electron chi connectivity index (χ4n) is 2.26. The fraction of sp³-hybridized carbons (Fsp3) is 0.333. The molecule has 0 aliphatic carbocycles. The minimum absolute atomic E-state index is 0.0815. The van der Waals surface area contributed by atoms with Crippen LogP contribution >= 0.6 is 0 Å². The summed E-state index contributed by atoms with van der Waals surface area (Å²) >= 11 is 0. The summed E-state index contributed by atoms with van der Waals surface area (Å²) in [7, 11) is 0. The van der Waals surface area contributed by atoms with Crippen LogP contribution in [0.15, 0.2) is 18.2 Å². The van der Waals surface area contributed by atoms with Crippen LogP contribution in [0.25, 0.3) is 10.9 Å². The number of benzene rings is 1. The highest BCUT2D eigenvalue weighted by Crippen LogP contribution is 2.29. The summed E-state index contributed by atoms with van der Waals surface area (Å²) in [6, 6.07) is 4.83. The van der Waals surface area contributed by atoms with Gasteiger partial charge < -0.3 is 10.1 Å². The van der Waals surface area contributed by atoms with Gasteiger partial charge in [-0.2, -0.15) is 0 Å². The number of nitrogens with one attached hydrogen (secondary N) is 1. The van der Waals surface area contributed by atoms with Crippen LogP contribution in [0, 0.1) is 0 Å². The molecule has 0 radical (unpaired) electrons. The van der Waals surface area contributed by atoms with Gasteiger partial charge in [0, 0.05) is 28.6 Å². The Morgan fingerprint density at radius 2 is 2.00 bits per heavy atom. The summed E-state index contributed by atoms with van der Waals surface area (Å²) in [6.45, 7) is 5.85. The summed E-state index contributed by atoms with van der Waals surface area (Å²) in [6.07, 6.45) is 0.438. The highest BCUT2D eigenvalue weighted by molar-refractivity contribution is 6.10. The number of rotatable bonds is 4. The Labute approximate surface area is 111 Å². The largest absolute Gasteiger partial charge is 0.478 e. The maximum Gasteiger partial charge on any atom is 0.335 e. The highest BCUT2D eigenvalue weighted by atomic mass is 16.4. The van der Waals surface area contributed by atoms with Crippen LogP contribution in [-0.4, -0.2) is 21.8 Å². The number of hydrogen-bond acceptors (Lipinski definition) is 2. The van der Waals surface area contributed by atoms with E-state index in [4.69, 9.17) is 5.11 Å². The molecule has 19 heavy (non-hydrogen) atoms. The van der Waals surface area contributed by atoms with Crippen molar-refractivity contribution >= 4 is 22.7 Å². The summed E-state index contributed by atoms with van der Waals surface area (Å²) in [5.74, 6) is -0.699. The maximum atomic E-state index is 12.1. The van der Waals surface area contributed by atoms with Gasteiger partial charge in [-0.05, 0) is 18.1 Å². The average Bonchev–Trinajstić information content (AvgIpc) is 2.76. The number of aromatic carboxylic acids is 1. The SMILES string of the molecule is CCC(=O)c1c(C(C)C)[nH]c2cc(C(=O)O)ccc12. The molecule has 2 aromatic rings. The fourth-order valence-corrected chi connectivity index (χ4v) is 2.26. The van der Waals surface area contributed by atoms with Gasteiger partial charge in [-0.25, -0.2) is 4.79 Å². The molecule has 0 spiro atoms. The van der Waals surface area contributed by atoms with Gasteiger partial charge in [0.15, 0.2) is 5.78 Å². The molecule has 1 aromatic heterocycles. The second-order valence-electron chi connectivity index (χ2n) is 4.91. The Morgan fingerprint density at radius 1 is 1.32 bits per heavy atom. The molecule has 0 amide bonds. The third kappa shape index (κ3) is 2.26. The number of carbonyl (C=O) groups is 2. The molecule has 0 fully saturated rings. The first-order valence-corrected chi connectivity index (χ1v) is 6.37. The van der Waals surface area contributed by atoms with E-state index in [9.17, 15) is 9.59 Å². The van der Waals surface area contributed by atoms with Gasteiger partial charge >= 0.3 is 5.97 Å². The summed E-state index contributed by atoms with van der Waals surface area (Å²) in [4.78, 5) is 26.3. The number of carbonyl (C=O) groups excluding carboxylic acids is 1. The third-order valence-electron chi connectivity index (χ3n) is 3.25. The van der Waals surface area contributed by atoms with Crippen molar-refractivity contribution < 1.29 is 14.7 Å². The van der Waals surface area contributed by atoms with E-state index in [-0.39, 0.29) is 17.3 Å². The lowest BCUT2D eigenvalue weighted by atomic mass is 9.98. The monoisotopic (exact) mass is 259 g/mol. The first kappa shape index (κ1) is 13.3. The number of Topliss-reactive ketones (excluding diaryl/α,β-unsaturated/α-hetero) is 1. The lowest BCUT2D eigenvalue weighted by Crippen LogP contribution is -2.02. The molecule has 1 aromatic carbocycles. The van der Waals surface area contributed by atoms with E-state index in [0.717, 1.165) is 11.1 Å². The second-order valence-corrected chi connectivity index (χ2v) is 4.91. The molecule has 0 bridgehead atoms. The van der Waals surface area contributed by atoms with E-state index in [1.807, 2.05) is 20.8 Å². The zero-order chi connectivity index (χ0) is 14.2. The van der Waals surface area contributed by atoms with Crippen LogP contribution in [0.1, 0.15) is 59.5 Å². The summed E-state index contributed by atoms with van der Waals surface area (Å²) in [5, 5.41) is 9.81. The van der Waals surface area contributed by atoms with Gasteiger partial charge in [0.05, 0.1) is 5.56 Å². The predicted molar refractivity (Wildman–Crippen MR) is 74.0 cm³/mol. The zero-order valence-corrected chi connectivity index (χ0v) is 11.3. The number of carboxylic acids is 1. The number of aromatic nitrogens is 1. The van der Waals surface area contributed by atoms with Crippen molar-refractivity contribution in [2.75, 3.05) is 0 Å². The van der Waals surface area contributed by atoms with Gasteiger partial charge in [0.1, 0.15) is 0 Å². The Balaban J connectivity index is 2.73. The Hall–Kier alpha value is -2.10. The minimum atomic E-state index is -0.967. The van der Waals surface area contributed by atoms with E-state index in [2.05, 4.69) is 4.98 Å². The topological polar surface area (TPSA) is 70.2 Å².